The van der Waals surface area contributed by atoms with E-state index in [4.69, 9.17) is 9.47 Å². The number of rotatable bonds is 8. The molecular formula is C20H23NO4. The summed E-state index contributed by atoms with van der Waals surface area (Å²) in [5, 5.41) is 0. The summed E-state index contributed by atoms with van der Waals surface area (Å²) >= 11 is 0. The Morgan fingerprint density at radius 2 is 1.52 bits per heavy atom. The van der Waals surface area contributed by atoms with E-state index in [2.05, 4.69) is 4.90 Å². The van der Waals surface area contributed by atoms with Crippen molar-refractivity contribution in [2.24, 2.45) is 5.92 Å². The Bertz CT molecular complexity index is 673. The Morgan fingerprint density at radius 1 is 0.920 bits per heavy atom. The quantitative estimate of drug-likeness (QED) is 0.691. The van der Waals surface area contributed by atoms with Crippen LogP contribution in [0.25, 0.3) is 0 Å². The molecule has 0 radical (unpaired) electrons. The number of benzene rings is 2. The molecule has 5 nitrogen and oxygen atoms in total. The lowest BCUT2D eigenvalue weighted by atomic mass is 10.0. The maximum atomic E-state index is 12.1. The van der Waals surface area contributed by atoms with Gasteiger partial charge in [-0.3, -0.25) is 9.59 Å². The Balaban J connectivity index is 2.23. The molecule has 0 aromatic heterocycles. The van der Waals surface area contributed by atoms with Gasteiger partial charge in [-0.15, -0.1) is 0 Å². The van der Waals surface area contributed by atoms with Crippen LogP contribution in [-0.2, 0) is 25.6 Å². The van der Waals surface area contributed by atoms with Crippen molar-refractivity contribution in [2.75, 3.05) is 25.7 Å². The van der Waals surface area contributed by atoms with Gasteiger partial charge < -0.3 is 14.4 Å². The van der Waals surface area contributed by atoms with E-state index in [1.807, 2.05) is 60.7 Å². The molecule has 2 aromatic rings. The van der Waals surface area contributed by atoms with Crippen molar-refractivity contribution in [1.29, 1.82) is 0 Å². The monoisotopic (exact) mass is 341 g/mol. The highest BCUT2D eigenvalue weighted by molar-refractivity contribution is 5.80. The van der Waals surface area contributed by atoms with Crippen LogP contribution < -0.4 is 4.90 Å². The van der Waals surface area contributed by atoms with E-state index in [-0.39, 0.29) is 6.42 Å². The van der Waals surface area contributed by atoms with E-state index < -0.39 is 17.9 Å². The van der Waals surface area contributed by atoms with Crippen molar-refractivity contribution < 1.29 is 19.1 Å². The second-order valence-corrected chi connectivity index (χ2v) is 5.70. The molecule has 1 atom stereocenters. The fourth-order valence-electron chi connectivity index (χ4n) is 2.64. The zero-order valence-corrected chi connectivity index (χ0v) is 14.6. The average molecular weight is 341 g/mol. The highest BCUT2D eigenvalue weighted by atomic mass is 16.5. The van der Waals surface area contributed by atoms with Gasteiger partial charge in [0.25, 0.3) is 0 Å². The molecule has 0 aliphatic carbocycles. The molecule has 1 unspecified atom stereocenters. The highest BCUT2D eigenvalue weighted by Gasteiger charge is 2.26. The van der Waals surface area contributed by atoms with Gasteiger partial charge in [0.05, 0.1) is 26.6 Å². The lowest BCUT2D eigenvalue weighted by molar-refractivity contribution is -0.151. The second-order valence-electron chi connectivity index (χ2n) is 5.70. The number of nitrogens with zero attached hydrogens (tertiary/aromatic N) is 1. The molecule has 0 aliphatic rings. The number of carbonyl (C=O) groups is 2. The number of hydrogen-bond donors (Lipinski definition) is 0. The van der Waals surface area contributed by atoms with Crippen LogP contribution in [0.1, 0.15) is 12.0 Å². The standard InChI is InChI=1S/C20H23NO4/c1-24-19(22)13-17(20(23)25-2)15-21(18-11-7-4-8-12-18)14-16-9-5-3-6-10-16/h3-12,17H,13-15H2,1-2H3. The smallest absolute Gasteiger partial charge is 0.311 e. The first-order chi connectivity index (χ1) is 12.1. The number of hydrogen-bond acceptors (Lipinski definition) is 5. The van der Waals surface area contributed by atoms with Gasteiger partial charge in [0.1, 0.15) is 0 Å². The Morgan fingerprint density at radius 3 is 2.08 bits per heavy atom. The SMILES string of the molecule is COC(=O)CC(CN(Cc1ccccc1)c1ccccc1)C(=O)OC. The topological polar surface area (TPSA) is 55.8 Å². The molecule has 25 heavy (non-hydrogen) atoms. The maximum Gasteiger partial charge on any atom is 0.311 e. The van der Waals surface area contributed by atoms with Gasteiger partial charge in [-0.05, 0) is 17.7 Å². The van der Waals surface area contributed by atoms with Gasteiger partial charge in [-0.25, -0.2) is 0 Å². The maximum absolute atomic E-state index is 12.1. The third-order valence-electron chi connectivity index (χ3n) is 3.95. The molecule has 0 aliphatic heterocycles. The van der Waals surface area contributed by atoms with Gasteiger partial charge in [0.2, 0.25) is 0 Å². The van der Waals surface area contributed by atoms with Gasteiger partial charge in [0.15, 0.2) is 0 Å². The summed E-state index contributed by atoms with van der Waals surface area (Å²) < 4.78 is 9.59. The zero-order chi connectivity index (χ0) is 18.1. The lowest BCUT2D eigenvalue weighted by Gasteiger charge is -2.28. The number of para-hydroxylation sites is 1. The van der Waals surface area contributed by atoms with Crippen LogP contribution in [0.4, 0.5) is 5.69 Å². The van der Waals surface area contributed by atoms with E-state index in [0.29, 0.717) is 13.1 Å². The van der Waals surface area contributed by atoms with Crippen LogP contribution in [-0.4, -0.2) is 32.7 Å². The van der Waals surface area contributed by atoms with E-state index in [0.717, 1.165) is 11.3 Å². The molecule has 0 spiro atoms. The fourth-order valence-corrected chi connectivity index (χ4v) is 2.64. The summed E-state index contributed by atoms with van der Waals surface area (Å²) in [6.45, 7) is 0.986. The van der Waals surface area contributed by atoms with Crippen LogP contribution in [0.2, 0.25) is 0 Å². The number of ether oxygens (including phenoxy) is 2. The third-order valence-corrected chi connectivity index (χ3v) is 3.95. The summed E-state index contributed by atoms with van der Waals surface area (Å²) in [6.07, 6.45) is -0.0126. The summed E-state index contributed by atoms with van der Waals surface area (Å²) in [5.74, 6) is -1.44. The first kappa shape index (κ1) is 18.5. The predicted octanol–water partition coefficient (Wildman–Crippen LogP) is 3.05. The Labute approximate surface area is 148 Å². The normalized spacial score (nSPS) is 11.4. The van der Waals surface area contributed by atoms with Gasteiger partial charge >= 0.3 is 11.9 Å². The highest BCUT2D eigenvalue weighted by Crippen LogP contribution is 2.20. The van der Waals surface area contributed by atoms with Crippen molar-refractivity contribution in [3.63, 3.8) is 0 Å². The number of carbonyl (C=O) groups excluding carboxylic acids is 2. The van der Waals surface area contributed by atoms with Crippen molar-refractivity contribution >= 4 is 17.6 Å². The van der Waals surface area contributed by atoms with E-state index in [1.165, 1.54) is 14.2 Å². The second kappa shape index (κ2) is 9.47. The minimum Gasteiger partial charge on any atom is -0.469 e. The van der Waals surface area contributed by atoms with Crippen LogP contribution >= 0.6 is 0 Å². The summed E-state index contributed by atoms with van der Waals surface area (Å²) in [7, 11) is 2.65. The molecule has 0 bridgehead atoms. The minimum absolute atomic E-state index is 0.0126. The first-order valence-corrected chi connectivity index (χ1v) is 8.12. The minimum atomic E-state index is -0.596. The van der Waals surface area contributed by atoms with Crippen LogP contribution in [0.15, 0.2) is 60.7 Å². The largest absolute Gasteiger partial charge is 0.469 e. The molecule has 0 fully saturated rings. The zero-order valence-electron chi connectivity index (χ0n) is 14.6. The van der Waals surface area contributed by atoms with Crippen molar-refractivity contribution in [2.45, 2.75) is 13.0 Å². The molecule has 132 valence electrons. The van der Waals surface area contributed by atoms with Crippen molar-refractivity contribution in [3.05, 3.63) is 66.2 Å². The number of esters is 2. The first-order valence-electron chi connectivity index (χ1n) is 8.12. The van der Waals surface area contributed by atoms with Crippen molar-refractivity contribution in [1.82, 2.24) is 0 Å². The fraction of sp³-hybridized carbons (Fsp3) is 0.300. The molecule has 2 rings (SSSR count). The van der Waals surface area contributed by atoms with E-state index in [9.17, 15) is 9.59 Å². The molecule has 0 saturated carbocycles. The number of methoxy groups -OCH3 is 2. The summed E-state index contributed by atoms with van der Waals surface area (Å²) in [6, 6.07) is 19.8. The molecule has 0 heterocycles. The van der Waals surface area contributed by atoms with Crippen LogP contribution in [0.5, 0.6) is 0 Å². The van der Waals surface area contributed by atoms with Crippen LogP contribution in [0.3, 0.4) is 0 Å². The molecule has 0 N–H and O–H groups in total. The van der Waals surface area contributed by atoms with E-state index in [1.54, 1.807) is 0 Å². The van der Waals surface area contributed by atoms with Gasteiger partial charge in [-0.2, -0.15) is 0 Å². The Kier molecular flexibility index (Phi) is 7.01. The predicted molar refractivity (Wildman–Crippen MR) is 96.1 cm³/mol. The third kappa shape index (κ3) is 5.64. The molecule has 2 aromatic carbocycles. The Hall–Kier alpha value is -2.82. The van der Waals surface area contributed by atoms with Crippen molar-refractivity contribution in [3.8, 4) is 0 Å². The molecular weight excluding hydrogens is 318 g/mol. The average Bonchev–Trinajstić information content (AvgIpc) is 2.67. The van der Waals surface area contributed by atoms with E-state index >= 15 is 0 Å². The summed E-state index contributed by atoms with van der Waals surface area (Å²) in [5.41, 5.74) is 2.10. The van der Waals surface area contributed by atoms with Gasteiger partial charge in [0, 0.05) is 18.8 Å². The van der Waals surface area contributed by atoms with Gasteiger partial charge in [-0.1, -0.05) is 48.5 Å². The molecule has 0 amide bonds. The lowest BCUT2D eigenvalue weighted by Crippen LogP contribution is -2.35. The van der Waals surface area contributed by atoms with Crippen LogP contribution in [0, 0.1) is 5.92 Å². The molecule has 5 heteroatoms. The number of anilines is 1. The summed E-state index contributed by atoms with van der Waals surface area (Å²) in [4.78, 5) is 25.9. The molecule has 0 saturated heterocycles.